The van der Waals surface area contributed by atoms with E-state index >= 15 is 0 Å². The van der Waals surface area contributed by atoms with Gasteiger partial charge in [0.05, 0.1) is 0 Å². The first-order valence-electron chi connectivity index (χ1n) is 10.0. The number of esters is 1. The Labute approximate surface area is 158 Å². The van der Waals surface area contributed by atoms with Gasteiger partial charge in [0.2, 0.25) is 0 Å². The summed E-state index contributed by atoms with van der Waals surface area (Å²) in [6.07, 6.45) is 16.9. The quantitative estimate of drug-likeness (QED) is 0.243. The first-order chi connectivity index (χ1) is 12.4. The fourth-order valence-electron chi connectivity index (χ4n) is 3.23. The van der Waals surface area contributed by atoms with E-state index < -0.39 is 11.7 Å². The first-order valence-corrected chi connectivity index (χ1v) is 10.0. The summed E-state index contributed by atoms with van der Waals surface area (Å²) in [6, 6.07) is 0. The maximum absolute atomic E-state index is 12.0. The zero-order chi connectivity index (χ0) is 19.4. The molecule has 4 heteroatoms. The van der Waals surface area contributed by atoms with Crippen molar-refractivity contribution in [2.45, 2.75) is 96.2 Å². The fraction of sp³-hybridized carbons (Fsp3) is 0.727. The van der Waals surface area contributed by atoms with Gasteiger partial charge in [-0.05, 0) is 25.3 Å². The lowest BCUT2D eigenvalue weighted by Crippen LogP contribution is -2.25. The molecule has 146 valence electrons. The molecule has 1 aliphatic rings. The molecule has 0 aliphatic heterocycles. The summed E-state index contributed by atoms with van der Waals surface area (Å²) in [4.78, 5) is 23.8. The second-order valence-electron chi connectivity index (χ2n) is 7.33. The number of unbranched alkanes of at least 4 members (excludes halogenated alkanes) is 5. The van der Waals surface area contributed by atoms with Crippen molar-refractivity contribution in [3.8, 4) is 12.3 Å². The van der Waals surface area contributed by atoms with Crippen molar-refractivity contribution in [2.75, 3.05) is 0 Å². The number of hydrogen-bond donors (Lipinski definition) is 1. The third-order valence-electron chi connectivity index (χ3n) is 4.92. The standard InChI is InChI=1S/C22H34O4/c1-4-7-9-10-12-21(24)26-20-17-19(23)16-18(20)13-15-22(25,6-3)14-11-8-5-2/h3,13,15,18,20,25H,4-5,7-12,14,16-17H2,1-2H3/t18?,20?,22-/m0/s1. The van der Waals surface area contributed by atoms with Crippen LogP contribution in [0.3, 0.4) is 0 Å². The number of terminal acetylenes is 1. The molecule has 0 heterocycles. The Morgan fingerprint density at radius 1 is 1.23 bits per heavy atom. The van der Waals surface area contributed by atoms with Crippen LogP contribution in [-0.4, -0.2) is 28.6 Å². The van der Waals surface area contributed by atoms with Crippen molar-refractivity contribution in [3.63, 3.8) is 0 Å². The lowest BCUT2D eigenvalue weighted by atomic mass is 9.94. The molecule has 0 aromatic rings. The molecule has 0 bridgehead atoms. The van der Waals surface area contributed by atoms with E-state index in [4.69, 9.17) is 11.2 Å². The molecule has 0 saturated heterocycles. The summed E-state index contributed by atoms with van der Waals surface area (Å²) in [7, 11) is 0. The molecule has 0 amide bonds. The van der Waals surface area contributed by atoms with E-state index in [-0.39, 0.29) is 24.1 Å². The zero-order valence-electron chi connectivity index (χ0n) is 16.3. The SMILES string of the molecule is C#C[C@@](O)(C=CC1CC(=O)CC1OC(=O)CCCCCC)CCCCC. The molecule has 0 spiro atoms. The van der Waals surface area contributed by atoms with Crippen LogP contribution in [0.5, 0.6) is 0 Å². The second-order valence-corrected chi connectivity index (χ2v) is 7.33. The van der Waals surface area contributed by atoms with Gasteiger partial charge in [0, 0.05) is 25.2 Å². The third-order valence-corrected chi connectivity index (χ3v) is 4.92. The van der Waals surface area contributed by atoms with Crippen molar-refractivity contribution in [1.82, 2.24) is 0 Å². The number of carbonyl (C=O) groups is 2. The highest BCUT2D eigenvalue weighted by atomic mass is 16.5. The van der Waals surface area contributed by atoms with Crippen LogP contribution < -0.4 is 0 Å². The van der Waals surface area contributed by atoms with E-state index in [2.05, 4.69) is 19.8 Å². The van der Waals surface area contributed by atoms with Crippen molar-refractivity contribution < 1.29 is 19.4 Å². The van der Waals surface area contributed by atoms with Crippen LogP contribution in [0.1, 0.15) is 84.5 Å². The third kappa shape index (κ3) is 8.19. The van der Waals surface area contributed by atoms with Gasteiger partial charge < -0.3 is 9.84 Å². The lowest BCUT2D eigenvalue weighted by Gasteiger charge is -2.20. The molecule has 0 aromatic carbocycles. The van der Waals surface area contributed by atoms with E-state index in [1.807, 2.05) is 0 Å². The maximum atomic E-state index is 12.0. The van der Waals surface area contributed by atoms with Gasteiger partial charge >= 0.3 is 5.97 Å². The summed E-state index contributed by atoms with van der Waals surface area (Å²) in [5, 5.41) is 10.5. The van der Waals surface area contributed by atoms with Gasteiger partial charge in [-0.25, -0.2) is 0 Å². The normalized spacial score (nSPS) is 22.3. The highest BCUT2D eigenvalue weighted by Gasteiger charge is 2.34. The predicted octanol–water partition coefficient (Wildman–Crippen LogP) is 4.35. The summed E-state index contributed by atoms with van der Waals surface area (Å²) in [5.74, 6) is 2.08. The minimum atomic E-state index is -1.30. The van der Waals surface area contributed by atoms with E-state index in [9.17, 15) is 14.7 Å². The maximum Gasteiger partial charge on any atom is 0.306 e. The molecule has 4 nitrogen and oxygen atoms in total. The van der Waals surface area contributed by atoms with Crippen molar-refractivity contribution in [3.05, 3.63) is 12.2 Å². The highest BCUT2D eigenvalue weighted by Crippen LogP contribution is 2.29. The smallest absolute Gasteiger partial charge is 0.306 e. The Morgan fingerprint density at radius 2 is 1.92 bits per heavy atom. The Bertz CT molecular complexity index is 517. The van der Waals surface area contributed by atoms with Crippen LogP contribution in [0.25, 0.3) is 0 Å². The van der Waals surface area contributed by atoms with Gasteiger partial charge in [-0.1, -0.05) is 57.9 Å². The minimum absolute atomic E-state index is 0.0821. The van der Waals surface area contributed by atoms with E-state index in [1.165, 1.54) is 0 Å². The summed E-state index contributed by atoms with van der Waals surface area (Å²) in [6.45, 7) is 4.22. The Hall–Kier alpha value is -1.60. The van der Waals surface area contributed by atoms with Crippen LogP contribution in [0, 0.1) is 18.3 Å². The molecule has 2 unspecified atom stereocenters. The number of ketones is 1. The Morgan fingerprint density at radius 3 is 2.58 bits per heavy atom. The van der Waals surface area contributed by atoms with Crippen molar-refractivity contribution in [2.24, 2.45) is 5.92 Å². The fourth-order valence-corrected chi connectivity index (χ4v) is 3.23. The monoisotopic (exact) mass is 362 g/mol. The number of hydrogen-bond acceptors (Lipinski definition) is 4. The highest BCUT2D eigenvalue weighted by molar-refractivity contribution is 5.82. The molecule has 3 atom stereocenters. The minimum Gasteiger partial charge on any atom is -0.461 e. The predicted molar refractivity (Wildman–Crippen MR) is 103 cm³/mol. The molecule has 1 N–H and O–H groups in total. The van der Waals surface area contributed by atoms with E-state index in [1.54, 1.807) is 12.2 Å². The van der Waals surface area contributed by atoms with Crippen molar-refractivity contribution >= 4 is 11.8 Å². The molecule has 0 aromatic heterocycles. The van der Waals surface area contributed by atoms with Crippen LogP contribution in [0.2, 0.25) is 0 Å². The van der Waals surface area contributed by atoms with Crippen LogP contribution in [-0.2, 0) is 14.3 Å². The van der Waals surface area contributed by atoms with Gasteiger partial charge in [0.25, 0.3) is 0 Å². The molecule has 0 radical (unpaired) electrons. The summed E-state index contributed by atoms with van der Waals surface area (Å²) in [5.41, 5.74) is -1.30. The average Bonchev–Trinajstić information content (AvgIpc) is 2.96. The van der Waals surface area contributed by atoms with Crippen molar-refractivity contribution in [1.29, 1.82) is 0 Å². The largest absolute Gasteiger partial charge is 0.461 e. The lowest BCUT2D eigenvalue weighted by molar-refractivity contribution is -0.150. The summed E-state index contributed by atoms with van der Waals surface area (Å²) >= 11 is 0. The molecular formula is C22H34O4. The zero-order valence-corrected chi connectivity index (χ0v) is 16.3. The van der Waals surface area contributed by atoms with Crippen LogP contribution in [0.15, 0.2) is 12.2 Å². The second kappa shape index (κ2) is 11.9. The topological polar surface area (TPSA) is 63.6 Å². The summed E-state index contributed by atoms with van der Waals surface area (Å²) < 4.78 is 5.53. The van der Waals surface area contributed by atoms with Gasteiger partial charge in [-0.2, -0.15) is 0 Å². The average molecular weight is 363 g/mol. The Kier molecular flexibility index (Phi) is 10.3. The number of rotatable bonds is 12. The molecule has 1 saturated carbocycles. The van der Waals surface area contributed by atoms with E-state index in [0.29, 0.717) is 19.3 Å². The molecular weight excluding hydrogens is 328 g/mol. The number of aliphatic hydroxyl groups is 1. The Balaban J connectivity index is 2.58. The van der Waals surface area contributed by atoms with Gasteiger partial charge in [-0.15, -0.1) is 6.42 Å². The first kappa shape index (κ1) is 22.4. The van der Waals surface area contributed by atoms with Gasteiger partial charge in [0.15, 0.2) is 0 Å². The van der Waals surface area contributed by atoms with Gasteiger partial charge in [0.1, 0.15) is 17.5 Å². The number of ether oxygens (including phenoxy) is 1. The molecule has 1 aliphatic carbocycles. The number of carbonyl (C=O) groups excluding carboxylic acids is 2. The van der Waals surface area contributed by atoms with E-state index in [0.717, 1.165) is 44.9 Å². The van der Waals surface area contributed by atoms with Gasteiger partial charge in [-0.3, -0.25) is 9.59 Å². The number of Topliss-reactive ketones (excluding diaryl/α,β-unsaturated/α-hetero) is 1. The van der Waals surface area contributed by atoms with Crippen LogP contribution in [0.4, 0.5) is 0 Å². The molecule has 1 fully saturated rings. The van der Waals surface area contributed by atoms with Crippen LogP contribution >= 0.6 is 0 Å². The molecule has 26 heavy (non-hydrogen) atoms. The molecule has 1 rings (SSSR count).